The van der Waals surface area contributed by atoms with Gasteiger partial charge in [-0.2, -0.15) is 5.10 Å². The second-order valence-corrected chi connectivity index (χ2v) is 6.96. The van der Waals surface area contributed by atoms with Gasteiger partial charge in [0, 0.05) is 20.1 Å². The van der Waals surface area contributed by atoms with Crippen molar-refractivity contribution in [3.05, 3.63) is 57.4 Å². The molecule has 0 atom stereocenters. The van der Waals surface area contributed by atoms with E-state index in [1.807, 2.05) is 0 Å². The van der Waals surface area contributed by atoms with Gasteiger partial charge in [0.05, 0.1) is 18.7 Å². The van der Waals surface area contributed by atoms with E-state index in [0.717, 1.165) is 4.68 Å². The maximum absolute atomic E-state index is 13.2. The number of rotatable bonds is 4. The third-order valence-electron chi connectivity index (χ3n) is 5.05. The summed E-state index contributed by atoms with van der Waals surface area (Å²) in [5.74, 6) is -2.16. The molecule has 4 rings (SSSR count). The molecule has 0 bridgehead atoms. The summed E-state index contributed by atoms with van der Waals surface area (Å²) >= 11 is 0. The van der Waals surface area contributed by atoms with Gasteiger partial charge in [0.2, 0.25) is 0 Å². The number of likely N-dealkylation sites (N-methyl/N-ethyl adjacent to an activating group) is 1. The average molecular weight is 414 g/mol. The summed E-state index contributed by atoms with van der Waals surface area (Å²) in [7, 11) is 1.58. The summed E-state index contributed by atoms with van der Waals surface area (Å²) in [5, 5.41) is 14.8. The van der Waals surface area contributed by atoms with Gasteiger partial charge in [-0.25, -0.2) is 13.9 Å². The molecule has 1 N–H and O–H groups in total. The Morgan fingerprint density at radius 2 is 1.93 bits per heavy atom. The Morgan fingerprint density at radius 3 is 2.60 bits per heavy atom. The van der Waals surface area contributed by atoms with Crippen LogP contribution in [0.15, 0.2) is 29.1 Å². The van der Waals surface area contributed by atoms with Gasteiger partial charge in [-0.15, -0.1) is 0 Å². The first-order valence-electron chi connectivity index (χ1n) is 9.36. The average Bonchev–Trinajstić information content (AvgIpc) is 3.02. The van der Waals surface area contributed by atoms with Crippen LogP contribution >= 0.6 is 0 Å². The van der Waals surface area contributed by atoms with E-state index in [9.17, 15) is 23.9 Å². The number of esters is 1. The molecule has 9 nitrogen and oxygen atoms in total. The molecule has 2 aromatic heterocycles. The van der Waals surface area contributed by atoms with E-state index in [2.05, 4.69) is 5.10 Å². The van der Waals surface area contributed by atoms with Gasteiger partial charge in [0.25, 0.3) is 11.5 Å². The molecule has 0 radical (unpaired) electrons. The highest BCUT2D eigenvalue weighted by atomic mass is 19.1. The molecule has 10 heteroatoms. The van der Waals surface area contributed by atoms with E-state index in [0.29, 0.717) is 12.1 Å². The quantitative estimate of drug-likeness (QED) is 0.646. The van der Waals surface area contributed by atoms with Crippen molar-refractivity contribution in [3.63, 3.8) is 0 Å². The number of halogens is 1. The summed E-state index contributed by atoms with van der Waals surface area (Å²) in [6.45, 7) is 2.28. The first-order valence-corrected chi connectivity index (χ1v) is 9.36. The van der Waals surface area contributed by atoms with Crippen LogP contribution in [0, 0.1) is 5.82 Å². The van der Waals surface area contributed by atoms with Crippen molar-refractivity contribution >= 4 is 22.8 Å². The summed E-state index contributed by atoms with van der Waals surface area (Å²) in [5.41, 5.74) is -0.269. The molecule has 0 saturated carbocycles. The number of amides is 1. The molecule has 3 heterocycles. The van der Waals surface area contributed by atoms with E-state index in [1.54, 1.807) is 14.0 Å². The minimum absolute atomic E-state index is 0.0603. The van der Waals surface area contributed by atoms with Crippen LogP contribution in [0.2, 0.25) is 0 Å². The summed E-state index contributed by atoms with van der Waals surface area (Å²) in [4.78, 5) is 39.8. The standard InChI is InChI=1S/C20H19FN4O5/c1-3-30-20(29)14-15-13(17(26)16-19(28)23(2)8-9-24(15)16)18(27)25(22-14)10-11-4-6-12(21)7-5-11/h4-7,26H,3,8-10H2,1-2H3. The Morgan fingerprint density at radius 1 is 1.23 bits per heavy atom. The Labute approximate surface area is 169 Å². The Bertz CT molecular complexity index is 1230. The van der Waals surface area contributed by atoms with Crippen LogP contribution in [0.5, 0.6) is 5.75 Å². The largest absolute Gasteiger partial charge is 0.505 e. The van der Waals surface area contributed by atoms with E-state index in [-0.39, 0.29) is 42.0 Å². The highest BCUT2D eigenvalue weighted by molar-refractivity contribution is 6.09. The van der Waals surface area contributed by atoms with Gasteiger partial charge in [-0.3, -0.25) is 9.59 Å². The lowest BCUT2D eigenvalue weighted by Gasteiger charge is -2.25. The van der Waals surface area contributed by atoms with Crippen molar-refractivity contribution in [1.82, 2.24) is 19.2 Å². The molecule has 0 aliphatic carbocycles. The molecule has 1 aromatic carbocycles. The molecular weight excluding hydrogens is 395 g/mol. The maximum atomic E-state index is 13.2. The lowest BCUT2D eigenvalue weighted by molar-refractivity contribution is 0.0517. The Balaban J connectivity index is 1.99. The van der Waals surface area contributed by atoms with Gasteiger partial charge in [0.1, 0.15) is 11.2 Å². The van der Waals surface area contributed by atoms with E-state index in [4.69, 9.17) is 4.74 Å². The molecule has 0 fully saturated rings. The maximum Gasteiger partial charge on any atom is 0.361 e. The van der Waals surface area contributed by atoms with Gasteiger partial charge >= 0.3 is 5.97 Å². The predicted octanol–water partition coefficient (Wildman–Crippen LogP) is 1.35. The molecule has 0 saturated heterocycles. The normalized spacial score (nSPS) is 13.6. The number of hydrogen-bond acceptors (Lipinski definition) is 6. The number of carbonyl (C=O) groups is 2. The van der Waals surface area contributed by atoms with Crippen LogP contribution in [0.4, 0.5) is 4.39 Å². The fraction of sp³-hybridized carbons (Fsp3) is 0.300. The van der Waals surface area contributed by atoms with Crippen LogP contribution in [-0.4, -0.2) is 56.4 Å². The minimum Gasteiger partial charge on any atom is -0.505 e. The summed E-state index contributed by atoms with van der Waals surface area (Å²) in [6, 6.07) is 5.46. The van der Waals surface area contributed by atoms with Crippen molar-refractivity contribution in [3.8, 4) is 5.75 Å². The second-order valence-electron chi connectivity index (χ2n) is 6.96. The minimum atomic E-state index is -0.776. The van der Waals surface area contributed by atoms with Crippen LogP contribution in [-0.2, 0) is 17.8 Å². The third-order valence-corrected chi connectivity index (χ3v) is 5.05. The molecule has 1 aliphatic heterocycles. The van der Waals surface area contributed by atoms with Crippen molar-refractivity contribution in [2.75, 3.05) is 20.2 Å². The predicted molar refractivity (Wildman–Crippen MR) is 104 cm³/mol. The zero-order chi connectivity index (χ0) is 21.6. The zero-order valence-corrected chi connectivity index (χ0v) is 16.4. The molecule has 0 spiro atoms. The summed E-state index contributed by atoms with van der Waals surface area (Å²) < 4.78 is 20.7. The highest BCUT2D eigenvalue weighted by Crippen LogP contribution is 2.34. The smallest absolute Gasteiger partial charge is 0.361 e. The van der Waals surface area contributed by atoms with Gasteiger partial charge in [0.15, 0.2) is 17.1 Å². The first-order chi connectivity index (χ1) is 14.3. The molecule has 1 aliphatic rings. The second kappa shape index (κ2) is 7.29. The van der Waals surface area contributed by atoms with Gasteiger partial charge < -0.3 is 19.3 Å². The SMILES string of the molecule is CCOC(=O)c1nn(Cc2ccc(F)cc2)c(=O)c2c(O)c3n(c12)CCN(C)C3=O. The van der Waals surface area contributed by atoms with Gasteiger partial charge in [-0.1, -0.05) is 12.1 Å². The number of fused-ring (bicyclic) bond motifs is 3. The van der Waals surface area contributed by atoms with Crippen molar-refractivity contribution in [2.24, 2.45) is 0 Å². The van der Waals surface area contributed by atoms with Crippen LogP contribution in [0.3, 0.4) is 0 Å². The highest BCUT2D eigenvalue weighted by Gasteiger charge is 2.34. The Kier molecular flexibility index (Phi) is 4.76. The number of aromatic hydroxyl groups is 1. The molecule has 0 unspecified atom stereocenters. The fourth-order valence-corrected chi connectivity index (χ4v) is 3.58. The van der Waals surface area contributed by atoms with Crippen LogP contribution < -0.4 is 5.56 Å². The number of hydrogen-bond donors (Lipinski definition) is 1. The molecule has 1 amide bonds. The zero-order valence-electron chi connectivity index (χ0n) is 16.4. The van der Waals surface area contributed by atoms with E-state index < -0.39 is 29.0 Å². The van der Waals surface area contributed by atoms with E-state index >= 15 is 0 Å². The first kappa shape index (κ1) is 19.6. The van der Waals surface area contributed by atoms with Crippen LogP contribution in [0.25, 0.3) is 10.9 Å². The van der Waals surface area contributed by atoms with Crippen molar-refractivity contribution < 1.29 is 23.8 Å². The lowest BCUT2D eigenvalue weighted by Crippen LogP contribution is -2.37. The Hall–Kier alpha value is -3.69. The van der Waals surface area contributed by atoms with Gasteiger partial charge in [-0.05, 0) is 24.6 Å². The number of aromatic nitrogens is 3. The topological polar surface area (TPSA) is 107 Å². The number of nitrogens with zero attached hydrogens (tertiary/aromatic N) is 4. The third kappa shape index (κ3) is 3.00. The fourth-order valence-electron chi connectivity index (χ4n) is 3.58. The lowest BCUT2D eigenvalue weighted by atomic mass is 10.2. The molecule has 3 aromatic rings. The molecule has 156 valence electrons. The molecular formula is C20H19FN4O5. The number of ether oxygens (including phenoxy) is 1. The number of carbonyl (C=O) groups excluding carboxylic acids is 2. The van der Waals surface area contributed by atoms with Crippen molar-refractivity contribution in [1.29, 1.82) is 0 Å². The monoisotopic (exact) mass is 414 g/mol. The van der Waals surface area contributed by atoms with E-state index in [1.165, 1.54) is 33.7 Å². The summed E-state index contributed by atoms with van der Waals surface area (Å²) in [6.07, 6.45) is 0. The van der Waals surface area contributed by atoms with Crippen molar-refractivity contribution in [2.45, 2.75) is 20.0 Å². The number of benzene rings is 1. The van der Waals surface area contributed by atoms with Crippen LogP contribution in [0.1, 0.15) is 33.5 Å². The molecule has 30 heavy (non-hydrogen) atoms.